The van der Waals surface area contributed by atoms with Crippen LogP contribution in [0.15, 0.2) is 16.5 Å². The second kappa shape index (κ2) is 9.13. The standard InChI is InChI=1S/C15H27NO3/c1-12(2)10-17-7-8-18-11-15-6-5-14(19-15)9-16-13(3)4/h5-6,12-13,16H,7-11H2,1-4H3. The summed E-state index contributed by atoms with van der Waals surface area (Å²) < 4.78 is 16.6. The van der Waals surface area contributed by atoms with E-state index in [2.05, 4.69) is 33.0 Å². The first-order valence-electron chi connectivity index (χ1n) is 7.04. The highest BCUT2D eigenvalue weighted by Gasteiger charge is 2.03. The summed E-state index contributed by atoms with van der Waals surface area (Å²) in [6.45, 7) is 11.8. The Bertz CT molecular complexity index is 334. The van der Waals surface area contributed by atoms with Gasteiger partial charge in [0, 0.05) is 12.6 Å². The molecule has 0 aliphatic carbocycles. The van der Waals surface area contributed by atoms with Crippen molar-refractivity contribution >= 4 is 0 Å². The molecule has 110 valence electrons. The van der Waals surface area contributed by atoms with Crippen molar-refractivity contribution in [2.45, 2.75) is 46.9 Å². The molecule has 0 amide bonds. The van der Waals surface area contributed by atoms with Crippen LogP contribution in [-0.2, 0) is 22.6 Å². The minimum atomic E-state index is 0.461. The fourth-order valence-electron chi connectivity index (χ4n) is 1.51. The highest BCUT2D eigenvalue weighted by molar-refractivity contribution is 5.06. The molecule has 0 saturated heterocycles. The topological polar surface area (TPSA) is 43.6 Å². The van der Waals surface area contributed by atoms with Crippen molar-refractivity contribution in [2.75, 3.05) is 19.8 Å². The Hall–Kier alpha value is -0.840. The summed E-state index contributed by atoms with van der Waals surface area (Å²) in [5.74, 6) is 2.38. The van der Waals surface area contributed by atoms with Crippen LogP contribution >= 0.6 is 0 Å². The van der Waals surface area contributed by atoms with Gasteiger partial charge in [0.15, 0.2) is 0 Å². The first kappa shape index (κ1) is 16.2. The number of furan rings is 1. The van der Waals surface area contributed by atoms with Gasteiger partial charge in [-0.15, -0.1) is 0 Å². The number of nitrogens with one attached hydrogen (secondary N) is 1. The van der Waals surface area contributed by atoms with Crippen molar-refractivity contribution < 1.29 is 13.9 Å². The monoisotopic (exact) mass is 269 g/mol. The van der Waals surface area contributed by atoms with Crippen molar-refractivity contribution in [1.82, 2.24) is 5.32 Å². The molecular formula is C15H27NO3. The molecule has 0 bridgehead atoms. The zero-order valence-corrected chi connectivity index (χ0v) is 12.6. The molecule has 0 unspecified atom stereocenters. The number of ether oxygens (including phenoxy) is 2. The van der Waals surface area contributed by atoms with Gasteiger partial charge in [-0.2, -0.15) is 0 Å². The van der Waals surface area contributed by atoms with Crippen LogP contribution in [0.3, 0.4) is 0 Å². The van der Waals surface area contributed by atoms with Gasteiger partial charge < -0.3 is 19.2 Å². The van der Waals surface area contributed by atoms with Gasteiger partial charge in [-0.3, -0.25) is 0 Å². The lowest BCUT2D eigenvalue weighted by Crippen LogP contribution is -2.21. The van der Waals surface area contributed by atoms with Gasteiger partial charge in [0.1, 0.15) is 18.1 Å². The van der Waals surface area contributed by atoms with Crippen molar-refractivity contribution in [2.24, 2.45) is 5.92 Å². The maximum absolute atomic E-state index is 5.65. The van der Waals surface area contributed by atoms with Crippen LogP contribution in [0.4, 0.5) is 0 Å². The van der Waals surface area contributed by atoms with Gasteiger partial charge in [-0.25, -0.2) is 0 Å². The summed E-state index contributed by atoms with van der Waals surface area (Å²) in [5, 5.41) is 3.32. The number of rotatable bonds is 10. The highest BCUT2D eigenvalue weighted by Crippen LogP contribution is 2.09. The van der Waals surface area contributed by atoms with E-state index in [1.807, 2.05) is 12.1 Å². The van der Waals surface area contributed by atoms with Gasteiger partial charge in [-0.05, 0) is 18.1 Å². The van der Waals surface area contributed by atoms with Crippen LogP contribution in [0, 0.1) is 5.92 Å². The van der Waals surface area contributed by atoms with Crippen LogP contribution in [0.1, 0.15) is 39.2 Å². The van der Waals surface area contributed by atoms with E-state index < -0.39 is 0 Å². The molecule has 0 aliphatic heterocycles. The van der Waals surface area contributed by atoms with Crippen LogP contribution in [-0.4, -0.2) is 25.9 Å². The third kappa shape index (κ3) is 8.03. The van der Waals surface area contributed by atoms with E-state index in [0.29, 0.717) is 31.8 Å². The molecule has 0 saturated carbocycles. The first-order chi connectivity index (χ1) is 9.08. The molecule has 1 rings (SSSR count). The molecular weight excluding hydrogens is 242 g/mol. The molecule has 0 atom stereocenters. The van der Waals surface area contributed by atoms with Gasteiger partial charge in [0.25, 0.3) is 0 Å². The molecule has 0 fully saturated rings. The molecule has 19 heavy (non-hydrogen) atoms. The second-order valence-electron chi connectivity index (χ2n) is 5.42. The van der Waals surface area contributed by atoms with Gasteiger partial charge in [0.05, 0.1) is 19.8 Å². The van der Waals surface area contributed by atoms with E-state index >= 15 is 0 Å². The van der Waals surface area contributed by atoms with Crippen molar-refractivity contribution in [3.8, 4) is 0 Å². The lowest BCUT2D eigenvalue weighted by Gasteiger charge is -2.07. The van der Waals surface area contributed by atoms with E-state index in [-0.39, 0.29) is 0 Å². The molecule has 1 aromatic heterocycles. The van der Waals surface area contributed by atoms with Crippen LogP contribution in [0.25, 0.3) is 0 Å². The molecule has 0 radical (unpaired) electrons. The van der Waals surface area contributed by atoms with Crippen LogP contribution in [0.2, 0.25) is 0 Å². The zero-order valence-electron chi connectivity index (χ0n) is 12.6. The summed E-state index contributed by atoms with van der Waals surface area (Å²) in [4.78, 5) is 0. The summed E-state index contributed by atoms with van der Waals surface area (Å²) in [7, 11) is 0. The molecule has 1 aromatic rings. The number of hydrogen-bond donors (Lipinski definition) is 1. The molecule has 0 aliphatic rings. The maximum atomic E-state index is 5.65. The second-order valence-corrected chi connectivity index (χ2v) is 5.42. The van der Waals surface area contributed by atoms with Crippen molar-refractivity contribution in [3.63, 3.8) is 0 Å². The maximum Gasteiger partial charge on any atom is 0.129 e. The third-order valence-corrected chi connectivity index (χ3v) is 2.47. The van der Waals surface area contributed by atoms with Crippen molar-refractivity contribution in [1.29, 1.82) is 0 Å². The van der Waals surface area contributed by atoms with E-state index in [1.165, 1.54) is 0 Å². The lowest BCUT2D eigenvalue weighted by molar-refractivity contribution is 0.0261. The fraction of sp³-hybridized carbons (Fsp3) is 0.733. The normalized spacial score (nSPS) is 11.7. The third-order valence-electron chi connectivity index (χ3n) is 2.47. The quantitative estimate of drug-likeness (QED) is 0.663. The summed E-state index contributed by atoms with van der Waals surface area (Å²) in [5.41, 5.74) is 0. The van der Waals surface area contributed by atoms with Crippen LogP contribution in [0.5, 0.6) is 0 Å². The van der Waals surface area contributed by atoms with E-state index in [4.69, 9.17) is 13.9 Å². The van der Waals surface area contributed by atoms with Crippen LogP contribution < -0.4 is 5.32 Å². The van der Waals surface area contributed by atoms with E-state index in [9.17, 15) is 0 Å². The minimum absolute atomic E-state index is 0.461. The SMILES string of the molecule is CC(C)COCCOCc1ccc(CNC(C)C)o1. The summed E-state index contributed by atoms with van der Waals surface area (Å²) in [6, 6.07) is 4.42. The molecule has 1 N–H and O–H groups in total. The predicted molar refractivity (Wildman–Crippen MR) is 76.0 cm³/mol. The Morgan fingerprint density at radius 3 is 2.42 bits per heavy atom. The smallest absolute Gasteiger partial charge is 0.129 e. The average Bonchev–Trinajstić information content (AvgIpc) is 2.78. The molecule has 4 heteroatoms. The van der Waals surface area contributed by atoms with E-state index in [0.717, 1.165) is 24.7 Å². The highest BCUT2D eigenvalue weighted by atomic mass is 16.5. The Morgan fingerprint density at radius 2 is 1.74 bits per heavy atom. The molecule has 0 aromatic carbocycles. The zero-order chi connectivity index (χ0) is 14.1. The molecule has 1 heterocycles. The minimum Gasteiger partial charge on any atom is -0.462 e. The van der Waals surface area contributed by atoms with Crippen molar-refractivity contribution in [3.05, 3.63) is 23.7 Å². The molecule has 0 spiro atoms. The lowest BCUT2D eigenvalue weighted by atomic mass is 10.2. The molecule has 4 nitrogen and oxygen atoms in total. The average molecular weight is 269 g/mol. The fourth-order valence-corrected chi connectivity index (χ4v) is 1.51. The summed E-state index contributed by atoms with van der Waals surface area (Å²) >= 11 is 0. The Balaban J connectivity index is 2.09. The Labute approximate surface area is 116 Å². The Morgan fingerprint density at radius 1 is 1.05 bits per heavy atom. The first-order valence-corrected chi connectivity index (χ1v) is 7.04. The summed E-state index contributed by atoms with van der Waals surface area (Å²) in [6.07, 6.45) is 0. The predicted octanol–water partition coefficient (Wildman–Crippen LogP) is 2.97. The van der Waals surface area contributed by atoms with Gasteiger partial charge in [-0.1, -0.05) is 27.7 Å². The number of hydrogen-bond acceptors (Lipinski definition) is 4. The van der Waals surface area contributed by atoms with E-state index in [1.54, 1.807) is 0 Å². The van der Waals surface area contributed by atoms with Gasteiger partial charge >= 0.3 is 0 Å². The Kier molecular flexibility index (Phi) is 7.79. The van der Waals surface area contributed by atoms with Gasteiger partial charge in [0.2, 0.25) is 0 Å². The largest absolute Gasteiger partial charge is 0.462 e.